The quantitative estimate of drug-likeness (QED) is 0.410. The van der Waals surface area contributed by atoms with E-state index in [1.54, 1.807) is 11.8 Å². The van der Waals surface area contributed by atoms with Gasteiger partial charge in [-0.25, -0.2) is 0 Å². The molecule has 6 heteroatoms. The van der Waals surface area contributed by atoms with Crippen molar-refractivity contribution in [3.63, 3.8) is 0 Å². The Hall–Kier alpha value is -2.37. The van der Waals surface area contributed by atoms with E-state index in [4.69, 9.17) is 4.74 Å². The molecule has 1 N–H and O–H groups in total. The highest BCUT2D eigenvalue weighted by Crippen LogP contribution is 2.52. The first-order valence-electron chi connectivity index (χ1n) is 11.4. The molecule has 0 aromatic heterocycles. The van der Waals surface area contributed by atoms with Crippen molar-refractivity contribution in [3.8, 4) is 0 Å². The summed E-state index contributed by atoms with van der Waals surface area (Å²) in [6.07, 6.45) is 11.6. The molecule has 0 bridgehead atoms. The number of carboxylic acid groups (broad SMARTS) is 1. The minimum absolute atomic E-state index is 0.200. The molecule has 6 nitrogen and oxygen atoms in total. The van der Waals surface area contributed by atoms with Crippen molar-refractivity contribution in [2.75, 3.05) is 13.2 Å². The molecule has 0 aromatic carbocycles. The molecule has 1 saturated heterocycles. The lowest BCUT2D eigenvalue weighted by Crippen LogP contribution is -2.41. The average molecular weight is 432 g/mol. The minimum atomic E-state index is -1.20. The van der Waals surface area contributed by atoms with Gasteiger partial charge in [0, 0.05) is 12.2 Å². The van der Waals surface area contributed by atoms with Crippen molar-refractivity contribution < 1.29 is 24.2 Å². The summed E-state index contributed by atoms with van der Waals surface area (Å²) in [6.45, 7) is 8.47. The Bertz CT molecular complexity index is 775. The van der Waals surface area contributed by atoms with Crippen LogP contribution in [0.5, 0.6) is 0 Å². The summed E-state index contributed by atoms with van der Waals surface area (Å²) in [4.78, 5) is 40.0. The Kier molecular flexibility index (Phi) is 9.08. The number of carbonyl (C=O) groups excluding carboxylic acids is 2. The topological polar surface area (TPSA) is 83.9 Å². The number of fused-ring (bicyclic) bond motifs is 1. The Morgan fingerprint density at radius 2 is 1.97 bits per heavy atom. The van der Waals surface area contributed by atoms with E-state index >= 15 is 0 Å². The highest BCUT2D eigenvalue weighted by Gasteiger charge is 2.61. The smallest absolute Gasteiger partial charge is 0.318 e. The van der Waals surface area contributed by atoms with E-state index in [1.807, 2.05) is 19.1 Å². The van der Waals surface area contributed by atoms with Gasteiger partial charge >= 0.3 is 11.9 Å². The van der Waals surface area contributed by atoms with Gasteiger partial charge in [-0.1, -0.05) is 42.2 Å². The fraction of sp³-hybridized carbons (Fsp3) is 0.640. The molecule has 2 atom stereocenters. The third-order valence-corrected chi connectivity index (χ3v) is 6.25. The van der Waals surface area contributed by atoms with Gasteiger partial charge in [-0.05, 0) is 59.8 Å². The molecule has 0 unspecified atom stereocenters. The van der Waals surface area contributed by atoms with Gasteiger partial charge in [-0.15, -0.1) is 0 Å². The summed E-state index contributed by atoms with van der Waals surface area (Å²) < 4.78 is 5.42. The van der Waals surface area contributed by atoms with Crippen LogP contribution in [0.2, 0.25) is 0 Å². The number of likely N-dealkylation sites (tertiary alicyclic amines) is 1. The number of carboxylic acids is 1. The number of allylic oxidation sites excluding steroid dienone is 4. The van der Waals surface area contributed by atoms with Crippen LogP contribution in [0, 0.1) is 11.3 Å². The maximum Gasteiger partial charge on any atom is 0.318 e. The zero-order valence-electron chi connectivity index (χ0n) is 19.4. The van der Waals surface area contributed by atoms with Crippen molar-refractivity contribution in [1.82, 2.24) is 4.90 Å². The third kappa shape index (κ3) is 5.86. The van der Waals surface area contributed by atoms with Gasteiger partial charge in [0.2, 0.25) is 5.91 Å². The van der Waals surface area contributed by atoms with Crippen LogP contribution in [-0.2, 0) is 19.1 Å². The highest BCUT2D eigenvalue weighted by atomic mass is 16.5. The van der Waals surface area contributed by atoms with E-state index < -0.39 is 23.3 Å². The van der Waals surface area contributed by atoms with Crippen LogP contribution in [0.3, 0.4) is 0 Å². The second kappa shape index (κ2) is 11.3. The molecular weight excluding hydrogens is 394 g/mol. The molecule has 0 saturated carbocycles. The number of carbonyl (C=O) groups is 3. The van der Waals surface area contributed by atoms with Crippen LogP contribution >= 0.6 is 0 Å². The largest absolute Gasteiger partial charge is 0.481 e. The van der Waals surface area contributed by atoms with Crippen LogP contribution in [0.1, 0.15) is 79.1 Å². The number of amides is 1. The van der Waals surface area contributed by atoms with E-state index in [1.165, 1.54) is 11.1 Å². The maximum atomic E-state index is 13.4. The predicted molar refractivity (Wildman–Crippen MR) is 120 cm³/mol. The zero-order valence-corrected chi connectivity index (χ0v) is 19.4. The molecule has 0 aromatic rings. The summed E-state index contributed by atoms with van der Waals surface area (Å²) in [5.74, 6) is -2.74. The first-order chi connectivity index (χ1) is 14.7. The van der Waals surface area contributed by atoms with Crippen molar-refractivity contribution >= 4 is 17.8 Å². The van der Waals surface area contributed by atoms with E-state index in [0.717, 1.165) is 38.5 Å². The predicted octanol–water partition coefficient (Wildman–Crippen LogP) is 5.01. The summed E-state index contributed by atoms with van der Waals surface area (Å²) in [5.41, 5.74) is 1.89. The summed E-state index contributed by atoms with van der Waals surface area (Å²) in [7, 11) is 0. The second-order valence-electron chi connectivity index (χ2n) is 8.85. The van der Waals surface area contributed by atoms with Gasteiger partial charge in [-0.3, -0.25) is 14.4 Å². The fourth-order valence-electron chi connectivity index (χ4n) is 4.67. The molecule has 2 aliphatic rings. The number of nitrogens with zero attached hydrogens (tertiary/aromatic N) is 1. The second-order valence-corrected chi connectivity index (χ2v) is 8.85. The van der Waals surface area contributed by atoms with Crippen molar-refractivity contribution in [2.45, 2.75) is 79.1 Å². The van der Waals surface area contributed by atoms with Crippen LogP contribution in [0.25, 0.3) is 0 Å². The van der Waals surface area contributed by atoms with Crippen LogP contribution in [0.4, 0.5) is 0 Å². The summed E-state index contributed by atoms with van der Waals surface area (Å²) in [5, 5.41) is 9.52. The van der Waals surface area contributed by atoms with Gasteiger partial charge in [0.15, 0.2) is 0 Å². The van der Waals surface area contributed by atoms with E-state index in [9.17, 15) is 19.5 Å². The number of hydrogen-bond donors (Lipinski definition) is 1. The van der Waals surface area contributed by atoms with E-state index in [0.29, 0.717) is 18.7 Å². The Labute approximate surface area is 186 Å². The van der Waals surface area contributed by atoms with Crippen molar-refractivity contribution in [2.24, 2.45) is 11.3 Å². The molecule has 1 fully saturated rings. The molecule has 1 aliphatic carbocycles. The highest BCUT2D eigenvalue weighted by molar-refractivity contribution is 5.98. The minimum Gasteiger partial charge on any atom is -0.481 e. The van der Waals surface area contributed by atoms with E-state index in [2.05, 4.69) is 19.9 Å². The standard InChI is InChI=1S/C25H37NO5/c1-5-31-24(30)25-15-9-7-6-8-13-21(25)26(23(29)20(25)17-22(27)28)16-14-19(4)12-10-11-18(2)3/h11,13-14,20H,5-10,12,15-17H2,1-4H3,(H,27,28)/b19-14+,21-13?/t20-,25-/m1/s1. The monoisotopic (exact) mass is 431 g/mol. The lowest BCUT2D eigenvalue weighted by molar-refractivity contribution is -0.159. The summed E-state index contributed by atoms with van der Waals surface area (Å²) >= 11 is 0. The Morgan fingerprint density at radius 1 is 1.23 bits per heavy atom. The number of aliphatic carboxylic acids is 1. The van der Waals surface area contributed by atoms with Crippen LogP contribution in [-0.4, -0.2) is 41.0 Å². The van der Waals surface area contributed by atoms with Crippen LogP contribution in [0.15, 0.2) is 35.1 Å². The molecule has 0 spiro atoms. The molecule has 1 amide bonds. The summed E-state index contributed by atoms with van der Waals surface area (Å²) in [6, 6.07) is 0. The Balaban J connectivity index is 2.42. The SMILES string of the molecule is CCOC(=O)[C@@]12CCCCCC=C1N(C/C=C(\C)CCC=C(C)C)C(=O)[C@H]2CC(=O)O. The molecule has 1 heterocycles. The van der Waals surface area contributed by atoms with Gasteiger partial charge in [0.05, 0.1) is 18.9 Å². The molecule has 2 rings (SSSR count). The normalized spacial score (nSPS) is 24.1. The fourth-order valence-corrected chi connectivity index (χ4v) is 4.67. The lowest BCUT2D eigenvalue weighted by atomic mass is 9.69. The van der Waals surface area contributed by atoms with Gasteiger partial charge < -0.3 is 14.7 Å². The molecule has 172 valence electrons. The number of rotatable bonds is 9. The zero-order chi connectivity index (χ0) is 23.0. The third-order valence-electron chi connectivity index (χ3n) is 6.25. The number of esters is 1. The lowest BCUT2D eigenvalue weighted by Gasteiger charge is -2.33. The molecule has 0 radical (unpaired) electrons. The van der Waals surface area contributed by atoms with Gasteiger partial charge in [0.25, 0.3) is 0 Å². The first-order valence-corrected chi connectivity index (χ1v) is 11.4. The van der Waals surface area contributed by atoms with Gasteiger partial charge in [-0.2, -0.15) is 0 Å². The van der Waals surface area contributed by atoms with E-state index in [-0.39, 0.29) is 18.9 Å². The number of ether oxygens (including phenoxy) is 1. The van der Waals surface area contributed by atoms with Crippen molar-refractivity contribution in [3.05, 3.63) is 35.1 Å². The first kappa shape index (κ1) is 24.9. The van der Waals surface area contributed by atoms with Gasteiger partial charge in [0.1, 0.15) is 5.41 Å². The molecular formula is C25H37NO5. The molecule has 1 aliphatic heterocycles. The Morgan fingerprint density at radius 3 is 2.61 bits per heavy atom. The average Bonchev–Trinajstić information content (AvgIpc) is 2.87. The number of hydrogen-bond acceptors (Lipinski definition) is 4. The molecule has 31 heavy (non-hydrogen) atoms. The van der Waals surface area contributed by atoms with Crippen molar-refractivity contribution in [1.29, 1.82) is 0 Å². The maximum absolute atomic E-state index is 13.4. The van der Waals surface area contributed by atoms with Crippen LogP contribution < -0.4 is 0 Å².